The third kappa shape index (κ3) is 4.69. The number of aryl methyl sites for hydroxylation is 1. The van der Waals surface area contributed by atoms with E-state index in [0.717, 1.165) is 11.1 Å². The van der Waals surface area contributed by atoms with Crippen LogP contribution in [0.3, 0.4) is 0 Å². The van der Waals surface area contributed by atoms with E-state index in [1.807, 2.05) is 54.6 Å². The van der Waals surface area contributed by atoms with Gasteiger partial charge in [-0.15, -0.1) is 0 Å². The van der Waals surface area contributed by atoms with Gasteiger partial charge in [-0.3, -0.25) is 9.59 Å². The average molecular weight is 386 g/mol. The van der Waals surface area contributed by atoms with Crippen molar-refractivity contribution >= 4 is 23.5 Å². The van der Waals surface area contributed by atoms with Gasteiger partial charge in [0, 0.05) is 24.5 Å². The Balaban J connectivity index is 1.58. The molecule has 2 aromatic carbocycles. The molecule has 1 aliphatic heterocycles. The third-order valence-corrected chi connectivity index (χ3v) is 5.85. The Morgan fingerprint density at radius 1 is 1.00 bits per heavy atom. The van der Waals surface area contributed by atoms with Crippen molar-refractivity contribution in [3.63, 3.8) is 0 Å². The van der Waals surface area contributed by atoms with Crippen molar-refractivity contribution in [1.82, 2.24) is 4.90 Å². The predicted molar refractivity (Wildman–Crippen MR) is 106 cm³/mol. The molecule has 0 saturated carbocycles. The lowest BCUT2D eigenvalue weighted by Crippen LogP contribution is -2.47. The predicted octanol–water partition coefficient (Wildman–Crippen LogP) is 4.21. The first-order valence-corrected chi connectivity index (χ1v) is 9.66. The maximum atomic E-state index is 12.6. The number of benzene rings is 2. The quantitative estimate of drug-likeness (QED) is 0.810. The SMILES string of the molecule is O=C(CCc1ccccc1Cl)N1CCC(Cc2ccccc2)(C(=O)O)CC1. The maximum absolute atomic E-state index is 12.6. The molecule has 142 valence electrons. The minimum atomic E-state index is -0.791. The normalized spacial score (nSPS) is 16.1. The summed E-state index contributed by atoms with van der Waals surface area (Å²) >= 11 is 6.15. The number of carboxylic acid groups (broad SMARTS) is 1. The highest BCUT2D eigenvalue weighted by atomic mass is 35.5. The Labute approximate surface area is 164 Å². The number of likely N-dealkylation sites (tertiary alicyclic amines) is 1. The molecule has 4 nitrogen and oxygen atoms in total. The van der Waals surface area contributed by atoms with Gasteiger partial charge in [-0.25, -0.2) is 0 Å². The van der Waals surface area contributed by atoms with Crippen LogP contribution in [-0.4, -0.2) is 35.0 Å². The zero-order valence-electron chi connectivity index (χ0n) is 15.2. The second-order valence-electron chi connectivity index (χ2n) is 7.22. The molecule has 1 saturated heterocycles. The summed E-state index contributed by atoms with van der Waals surface area (Å²) in [5.41, 5.74) is 1.20. The Kier molecular flexibility index (Phi) is 6.17. The number of amides is 1. The molecule has 0 aliphatic carbocycles. The van der Waals surface area contributed by atoms with Crippen LogP contribution >= 0.6 is 11.6 Å². The first-order valence-electron chi connectivity index (χ1n) is 9.29. The molecule has 1 amide bonds. The van der Waals surface area contributed by atoms with Crippen LogP contribution in [0.15, 0.2) is 54.6 Å². The minimum Gasteiger partial charge on any atom is -0.481 e. The Bertz CT molecular complexity index is 798. The van der Waals surface area contributed by atoms with Crippen molar-refractivity contribution in [3.8, 4) is 0 Å². The Hall–Kier alpha value is -2.33. The van der Waals surface area contributed by atoms with Crippen LogP contribution < -0.4 is 0 Å². The number of carboxylic acids is 1. The van der Waals surface area contributed by atoms with Gasteiger partial charge in [-0.2, -0.15) is 0 Å². The molecule has 2 aromatic rings. The summed E-state index contributed by atoms with van der Waals surface area (Å²) in [7, 11) is 0. The van der Waals surface area contributed by atoms with Gasteiger partial charge in [0.1, 0.15) is 0 Å². The van der Waals surface area contributed by atoms with Gasteiger partial charge >= 0.3 is 5.97 Å². The van der Waals surface area contributed by atoms with Gasteiger partial charge in [0.05, 0.1) is 5.41 Å². The van der Waals surface area contributed by atoms with Gasteiger partial charge in [-0.05, 0) is 42.9 Å². The molecule has 5 heteroatoms. The van der Waals surface area contributed by atoms with Gasteiger partial charge in [0.2, 0.25) is 5.91 Å². The molecule has 3 rings (SSSR count). The number of hydrogen-bond acceptors (Lipinski definition) is 2. The number of piperidine rings is 1. The van der Waals surface area contributed by atoms with E-state index in [1.54, 1.807) is 4.90 Å². The third-order valence-electron chi connectivity index (χ3n) is 5.48. The van der Waals surface area contributed by atoms with Crippen LogP contribution in [0.1, 0.15) is 30.4 Å². The minimum absolute atomic E-state index is 0.0635. The summed E-state index contributed by atoms with van der Waals surface area (Å²) in [6, 6.07) is 17.3. The van der Waals surface area contributed by atoms with Crippen molar-refractivity contribution in [2.24, 2.45) is 5.41 Å². The topological polar surface area (TPSA) is 57.6 Å². The number of hydrogen-bond donors (Lipinski definition) is 1. The molecule has 0 atom stereocenters. The van der Waals surface area contributed by atoms with E-state index in [0.29, 0.717) is 50.2 Å². The van der Waals surface area contributed by atoms with Gasteiger partial charge < -0.3 is 10.0 Å². The molecule has 1 N–H and O–H groups in total. The van der Waals surface area contributed by atoms with Crippen molar-refractivity contribution in [3.05, 3.63) is 70.7 Å². The van der Waals surface area contributed by atoms with Gasteiger partial charge in [-0.1, -0.05) is 60.1 Å². The van der Waals surface area contributed by atoms with E-state index in [4.69, 9.17) is 11.6 Å². The van der Waals surface area contributed by atoms with Crippen molar-refractivity contribution in [2.45, 2.75) is 32.1 Å². The summed E-state index contributed by atoms with van der Waals surface area (Å²) < 4.78 is 0. The second kappa shape index (κ2) is 8.57. The summed E-state index contributed by atoms with van der Waals surface area (Å²) in [6.45, 7) is 0.973. The molecule has 0 spiro atoms. The van der Waals surface area contributed by atoms with E-state index in [2.05, 4.69) is 0 Å². The number of halogens is 1. The fourth-order valence-electron chi connectivity index (χ4n) is 3.74. The molecular weight excluding hydrogens is 362 g/mol. The van der Waals surface area contributed by atoms with Gasteiger partial charge in [0.25, 0.3) is 0 Å². The Morgan fingerprint density at radius 3 is 2.26 bits per heavy atom. The van der Waals surface area contributed by atoms with Gasteiger partial charge in [0.15, 0.2) is 0 Å². The standard InChI is InChI=1S/C22H24ClNO3/c23-19-9-5-4-8-18(19)10-11-20(25)24-14-12-22(13-15-24,21(26)27)16-17-6-2-1-3-7-17/h1-9H,10-16H2,(H,26,27). The monoisotopic (exact) mass is 385 g/mol. The molecule has 1 fully saturated rings. The van der Waals surface area contributed by atoms with Crippen LogP contribution in [0.2, 0.25) is 5.02 Å². The Morgan fingerprint density at radius 2 is 1.63 bits per heavy atom. The molecule has 1 aliphatic rings. The molecule has 0 radical (unpaired) electrons. The van der Waals surface area contributed by atoms with Crippen LogP contribution in [0, 0.1) is 5.41 Å². The van der Waals surface area contributed by atoms with Crippen LogP contribution in [-0.2, 0) is 22.4 Å². The van der Waals surface area contributed by atoms with E-state index in [-0.39, 0.29) is 5.91 Å². The molecule has 27 heavy (non-hydrogen) atoms. The maximum Gasteiger partial charge on any atom is 0.310 e. The summed E-state index contributed by atoms with van der Waals surface area (Å²) in [5, 5.41) is 10.5. The van der Waals surface area contributed by atoms with E-state index in [9.17, 15) is 14.7 Å². The first kappa shape index (κ1) is 19.4. The van der Waals surface area contributed by atoms with Crippen LogP contribution in [0.25, 0.3) is 0 Å². The number of aliphatic carboxylic acids is 1. The zero-order valence-corrected chi connectivity index (χ0v) is 16.0. The number of carbonyl (C=O) groups excluding carboxylic acids is 1. The molecule has 0 bridgehead atoms. The number of carbonyl (C=O) groups is 2. The highest BCUT2D eigenvalue weighted by Crippen LogP contribution is 2.36. The molecule has 0 aromatic heterocycles. The van der Waals surface area contributed by atoms with Crippen molar-refractivity contribution in [2.75, 3.05) is 13.1 Å². The summed E-state index contributed by atoms with van der Waals surface area (Å²) in [5.74, 6) is -0.705. The lowest BCUT2D eigenvalue weighted by Gasteiger charge is -2.39. The van der Waals surface area contributed by atoms with Crippen LogP contribution in [0.4, 0.5) is 0 Å². The average Bonchev–Trinajstić information content (AvgIpc) is 2.68. The van der Waals surface area contributed by atoms with Crippen LogP contribution in [0.5, 0.6) is 0 Å². The van der Waals surface area contributed by atoms with Crippen molar-refractivity contribution < 1.29 is 14.7 Å². The largest absolute Gasteiger partial charge is 0.481 e. The highest BCUT2D eigenvalue weighted by Gasteiger charge is 2.42. The highest BCUT2D eigenvalue weighted by molar-refractivity contribution is 6.31. The van der Waals surface area contributed by atoms with E-state index >= 15 is 0 Å². The second-order valence-corrected chi connectivity index (χ2v) is 7.63. The zero-order chi connectivity index (χ0) is 19.3. The molecular formula is C22H24ClNO3. The number of rotatable bonds is 6. The summed E-state index contributed by atoms with van der Waals surface area (Å²) in [6.07, 6.45) is 2.46. The summed E-state index contributed by atoms with van der Waals surface area (Å²) in [4.78, 5) is 26.3. The first-order chi connectivity index (χ1) is 13.0. The van der Waals surface area contributed by atoms with E-state index in [1.165, 1.54) is 0 Å². The van der Waals surface area contributed by atoms with Crippen molar-refractivity contribution in [1.29, 1.82) is 0 Å². The van der Waals surface area contributed by atoms with E-state index < -0.39 is 11.4 Å². The molecule has 0 unspecified atom stereocenters. The molecule has 1 heterocycles. The smallest absolute Gasteiger partial charge is 0.310 e. The fourth-order valence-corrected chi connectivity index (χ4v) is 3.97. The lowest BCUT2D eigenvalue weighted by atomic mass is 9.73. The number of nitrogens with zero attached hydrogens (tertiary/aromatic N) is 1. The lowest BCUT2D eigenvalue weighted by molar-refractivity contribution is -0.154. The fraction of sp³-hybridized carbons (Fsp3) is 0.364.